The van der Waals surface area contributed by atoms with Gasteiger partial charge in [-0.3, -0.25) is 0 Å². The summed E-state index contributed by atoms with van der Waals surface area (Å²) in [6, 6.07) is 6.59. The van der Waals surface area contributed by atoms with E-state index in [1.807, 2.05) is 6.20 Å². The van der Waals surface area contributed by atoms with Crippen LogP contribution >= 0.6 is 11.6 Å². The number of halogens is 1. The zero-order valence-electron chi connectivity index (χ0n) is 10.4. The van der Waals surface area contributed by atoms with E-state index in [4.69, 9.17) is 11.6 Å². The number of aliphatic imine (C=N–C) groups is 1. The lowest BCUT2D eigenvalue weighted by atomic mass is 10.0. The SMILES string of the molecule is ClC1=NC(c2cn3c4c(cccc24)CCC3)C=CN1. The average Bonchev–Trinajstić information content (AvgIpc) is 2.81. The summed E-state index contributed by atoms with van der Waals surface area (Å²) in [5.41, 5.74) is 4.07. The highest BCUT2D eigenvalue weighted by atomic mass is 35.5. The van der Waals surface area contributed by atoms with E-state index in [1.54, 1.807) is 0 Å². The molecule has 96 valence electrons. The monoisotopic (exact) mass is 271 g/mol. The molecule has 4 rings (SSSR count). The smallest absolute Gasteiger partial charge is 0.196 e. The van der Waals surface area contributed by atoms with Crippen molar-refractivity contribution in [2.75, 3.05) is 0 Å². The van der Waals surface area contributed by atoms with Gasteiger partial charge in [0.15, 0.2) is 5.29 Å². The lowest BCUT2D eigenvalue weighted by Crippen LogP contribution is -2.16. The number of para-hydroxylation sites is 1. The second kappa shape index (κ2) is 4.14. The fourth-order valence-corrected chi connectivity index (χ4v) is 3.27. The quantitative estimate of drug-likeness (QED) is 0.792. The Morgan fingerprint density at radius 3 is 3.21 bits per heavy atom. The minimum Gasteiger partial charge on any atom is -0.347 e. The number of nitrogens with zero attached hydrogens (tertiary/aromatic N) is 2. The van der Waals surface area contributed by atoms with Crippen molar-refractivity contribution < 1.29 is 0 Å². The third-order valence-electron chi connectivity index (χ3n) is 3.91. The molecule has 0 saturated heterocycles. The second-order valence-electron chi connectivity index (χ2n) is 5.06. The summed E-state index contributed by atoms with van der Waals surface area (Å²) < 4.78 is 2.36. The lowest BCUT2D eigenvalue weighted by Gasteiger charge is -2.14. The molecule has 19 heavy (non-hydrogen) atoms. The molecule has 2 aliphatic rings. The number of amidine groups is 1. The van der Waals surface area contributed by atoms with Crippen molar-refractivity contribution in [2.24, 2.45) is 4.99 Å². The van der Waals surface area contributed by atoms with Crippen molar-refractivity contribution in [3.63, 3.8) is 0 Å². The Morgan fingerprint density at radius 2 is 2.32 bits per heavy atom. The summed E-state index contributed by atoms with van der Waals surface area (Å²) in [5.74, 6) is 0. The first-order chi connectivity index (χ1) is 9.33. The number of hydrogen-bond acceptors (Lipinski definition) is 2. The van der Waals surface area contributed by atoms with Gasteiger partial charge in [0.05, 0.1) is 5.52 Å². The molecule has 0 saturated carbocycles. The van der Waals surface area contributed by atoms with Crippen LogP contribution in [0.4, 0.5) is 0 Å². The van der Waals surface area contributed by atoms with Crippen molar-refractivity contribution in [1.29, 1.82) is 0 Å². The Hall–Kier alpha value is -1.74. The minimum absolute atomic E-state index is 0.0193. The van der Waals surface area contributed by atoms with Crippen LogP contribution in [-0.4, -0.2) is 9.86 Å². The molecule has 1 N–H and O–H groups in total. The van der Waals surface area contributed by atoms with E-state index in [-0.39, 0.29) is 6.04 Å². The van der Waals surface area contributed by atoms with E-state index < -0.39 is 0 Å². The highest BCUT2D eigenvalue weighted by Gasteiger charge is 2.20. The first-order valence-electron chi connectivity index (χ1n) is 6.60. The molecule has 0 bridgehead atoms. The molecule has 2 aliphatic heterocycles. The van der Waals surface area contributed by atoms with Gasteiger partial charge in [-0.2, -0.15) is 0 Å². The van der Waals surface area contributed by atoms with Gasteiger partial charge in [-0.05, 0) is 36.1 Å². The topological polar surface area (TPSA) is 29.3 Å². The summed E-state index contributed by atoms with van der Waals surface area (Å²) in [7, 11) is 0. The van der Waals surface area contributed by atoms with Crippen LogP contribution in [0.5, 0.6) is 0 Å². The van der Waals surface area contributed by atoms with Crippen LogP contribution < -0.4 is 5.32 Å². The molecule has 2 aromatic rings. The third-order valence-corrected chi connectivity index (χ3v) is 4.12. The molecule has 3 nitrogen and oxygen atoms in total. The molecule has 1 aromatic carbocycles. The highest BCUT2D eigenvalue weighted by Crippen LogP contribution is 2.34. The third kappa shape index (κ3) is 1.69. The zero-order chi connectivity index (χ0) is 12.8. The van der Waals surface area contributed by atoms with Crippen molar-refractivity contribution in [1.82, 2.24) is 9.88 Å². The summed E-state index contributed by atoms with van der Waals surface area (Å²) in [4.78, 5) is 4.47. The summed E-state index contributed by atoms with van der Waals surface area (Å²) in [6.07, 6.45) is 8.54. The van der Waals surface area contributed by atoms with Crippen LogP contribution in [0.25, 0.3) is 10.9 Å². The Balaban J connectivity index is 1.94. The lowest BCUT2D eigenvalue weighted by molar-refractivity contribution is 0.633. The molecule has 3 heterocycles. The van der Waals surface area contributed by atoms with Crippen LogP contribution in [0.1, 0.15) is 23.6 Å². The Bertz CT molecular complexity index is 711. The summed E-state index contributed by atoms with van der Waals surface area (Å²) in [5, 5.41) is 4.67. The maximum atomic E-state index is 5.98. The molecule has 0 aliphatic carbocycles. The predicted molar refractivity (Wildman–Crippen MR) is 78.6 cm³/mol. The number of nitrogens with one attached hydrogen (secondary N) is 1. The Labute approximate surface area is 116 Å². The molecule has 0 radical (unpaired) electrons. The van der Waals surface area contributed by atoms with E-state index >= 15 is 0 Å². The number of aryl methyl sites for hydroxylation is 2. The van der Waals surface area contributed by atoms with E-state index in [1.165, 1.54) is 34.9 Å². The molecular weight excluding hydrogens is 258 g/mol. The van der Waals surface area contributed by atoms with Gasteiger partial charge in [0.25, 0.3) is 0 Å². The fourth-order valence-electron chi connectivity index (χ4n) is 3.10. The molecule has 1 aromatic heterocycles. The summed E-state index contributed by atoms with van der Waals surface area (Å²) in [6.45, 7) is 1.10. The second-order valence-corrected chi connectivity index (χ2v) is 5.42. The first-order valence-corrected chi connectivity index (χ1v) is 6.98. The molecule has 0 amide bonds. The van der Waals surface area contributed by atoms with Crippen LogP contribution in [0.2, 0.25) is 0 Å². The Kier molecular flexibility index (Phi) is 2.42. The molecule has 1 unspecified atom stereocenters. The van der Waals surface area contributed by atoms with Gasteiger partial charge in [-0.15, -0.1) is 0 Å². The fraction of sp³-hybridized carbons (Fsp3) is 0.267. The molecule has 0 fully saturated rings. The zero-order valence-corrected chi connectivity index (χ0v) is 11.2. The average molecular weight is 272 g/mol. The maximum Gasteiger partial charge on any atom is 0.196 e. The molecule has 4 heteroatoms. The van der Waals surface area contributed by atoms with Gasteiger partial charge < -0.3 is 9.88 Å². The number of hydrogen-bond donors (Lipinski definition) is 1. The number of rotatable bonds is 1. The number of benzene rings is 1. The van der Waals surface area contributed by atoms with Crippen LogP contribution in [-0.2, 0) is 13.0 Å². The van der Waals surface area contributed by atoms with E-state index in [2.05, 4.69) is 45.3 Å². The molecule has 1 atom stereocenters. The van der Waals surface area contributed by atoms with Gasteiger partial charge in [0.2, 0.25) is 0 Å². The standard InChI is InChI=1S/C15H14ClN3/c16-15-17-7-6-13(18-15)12-9-19-8-2-4-10-3-1-5-11(12)14(10)19/h1,3,5-7,9,13H,2,4,8H2,(H,17,18). The number of aromatic nitrogens is 1. The Morgan fingerprint density at radius 1 is 1.37 bits per heavy atom. The highest BCUT2D eigenvalue weighted by molar-refractivity contribution is 6.64. The van der Waals surface area contributed by atoms with Crippen LogP contribution in [0.3, 0.4) is 0 Å². The minimum atomic E-state index is 0.0193. The van der Waals surface area contributed by atoms with Gasteiger partial charge in [-0.25, -0.2) is 4.99 Å². The normalized spacial score (nSPS) is 21.3. The van der Waals surface area contributed by atoms with Crippen LogP contribution in [0, 0.1) is 0 Å². The molecular formula is C15H14ClN3. The summed E-state index contributed by atoms with van der Waals surface area (Å²) >= 11 is 5.98. The molecule has 0 spiro atoms. The van der Waals surface area contributed by atoms with Gasteiger partial charge in [-0.1, -0.05) is 18.2 Å². The van der Waals surface area contributed by atoms with Gasteiger partial charge in [0, 0.05) is 29.9 Å². The largest absolute Gasteiger partial charge is 0.347 e. The van der Waals surface area contributed by atoms with E-state index in [9.17, 15) is 0 Å². The van der Waals surface area contributed by atoms with Crippen molar-refractivity contribution >= 4 is 27.8 Å². The predicted octanol–water partition coefficient (Wildman–Crippen LogP) is 3.34. The van der Waals surface area contributed by atoms with Gasteiger partial charge in [0.1, 0.15) is 6.04 Å². The first kappa shape index (κ1) is 11.1. The van der Waals surface area contributed by atoms with Crippen molar-refractivity contribution in [3.8, 4) is 0 Å². The maximum absolute atomic E-state index is 5.98. The van der Waals surface area contributed by atoms with Crippen molar-refractivity contribution in [2.45, 2.75) is 25.4 Å². The van der Waals surface area contributed by atoms with Crippen LogP contribution in [0.15, 0.2) is 41.7 Å². The van der Waals surface area contributed by atoms with Crippen molar-refractivity contribution in [3.05, 3.63) is 47.8 Å². The van der Waals surface area contributed by atoms with E-state index in [0.29, 0.717) is 5.29 Å². The van der Waals surface area contributed by atoms with Gasteiger partial charge >= 0.3 is 0 Å². The van der Waals surface area contributed by atoms with E-state index in [0.717, 1.165) is 6.54 Å².